The van der Waals surface area contributed by atoms with E-state index in [0.29, 0.717) is 17.5 Å². The van der Waals surface area contributed by atoms with Gasteiger partial charge in [0.1, 0.15) is 22.6 Å². The molecule has 0 amide bonds. The van der Waals surface area contributed by atoms with Crippen LogP contribution in [0.3, 0.4) is 0 Å². The molecule has 0 aromatic carbocycles. The molecule has 0 saturated carbocycles. The van der Waals surface area contributed by atoms with E-state index < -0.39 is 0 Å². The molecular weight excluding hydrogens is 226 g/mol. The van der Waals surface area contributed by atoms with Crippen LogP contribution < -0.4 is 5.32 Å². The summed E-state index contributed by atoms with van der Waals surface area (Å²) in [5.41, 5.74) is 0.846. The van der Waals surface area contributed by atoms with E-state index in [4.69, 9.17) is 11.6 Å². The number of rotatable bonds is 3. The summed E-state index contributed by atoms with van der Waals surface area (Å²) >= 11 is 5.97. The number of aryl methyl sites for hydroxylation is 1. The average Bonchev–Trinajstić information content (AvgIpc) is 2.74. The summed E-state index contributed by atoms with van der Waals surface area (Å²) in [4.78, 5) is 15.5. The molecule has 6 heteroatoms. The molecule has 0 aliphatic carbocycles. The van der Waals surface area contributed by atoms with Crippen molar-refractivity contribution in [3.05, 3.63) is 34.8 Å². The highest BCUT2D eigenvalue weighted by molar-refractivity contribution is 6.30. The van der Waals surface area contributed by atoms with Gasteiger partial charge in [0.25, 0.3) is 0 Å². The second-order valence-corrected chi connectivity index (χ2v) is 3.78. The molecule has 84 valence electrons. The van der Waals surface area contributed by atoms with Gasteiger partial charge < -0.3 is 10.3 Å². The van der Waals surface area contributed by atoms with Crippen molar-refractivity contribution in [1.82, 2.24) is 19.9 Å². The zero-order chi connectivity index (χ0) is 11.5. The minimum absolute atomic E-state index is 0.481. The third kappa shape index (κ3) is 2.30. The molecule has 0 aliphatic rings. The third-order valence-corrected chi connectivity index (χ3v) is 2.54. The van der Waals surface area contributed by atoms with Gasteiger partial charge >= 0.3 is 0 Å². The first-order chi connectivity index (χ1) is 7.66. The molecular formula is C10H12ClN5. The lowest BCUT2D eigenvalue weighted by molar-refractivity contribution is 0.958. The number of anilines is 1. The smallest absolute Gasteiger partial charge is 0.137 e. The van der Waals surface area contributed by atoms with Crippen LogP contribution in [0.5, 0.6) is 0 Å². The van der Waals surface area contributed by atoms with Crippen molar-refractivity contribution in [3.8, 4) is 0 Å². The molecule has 2 aromatic rings. The number of imidazole rings is 1. The molecule has 0 bridgehead atoms. The topological polar surface area (TPSA) is 66.5 Å². The lowest BCUT2D eigenvalue weighted by atomic mass is 10.3. The first-order valence-electron chi connectivity index (χ1n) is 4.89. The Hall–Kier alpha value is -1.62. The van der Waals surface area contributed by atoms with Crippen LogP contribution in [0.2, 0.25) is 5.15 Å². The average molecular weight is 238 g/mol. The lowest BCUT2D eigenvalue weighted by Gasteiger charge is -2.08. The number of aromatic amines is 1. The molecule has 0 aliphatic heterocycles. The Bertz CT molecular complexity index is 480. The van der Waals surface area contributed by atoms with Gasteiger partial charge in [-0.25, -0.2) is 15.0 Å². The van der Waals surface area contributed by atoms with E-state index in [2.05, 4.69) is 25.3 Å². The zero-order valence-electron chi connectivity index (χ0n) is 9.08. The number of H-pyrrole nitrogens is 1. The number of hydrogen-bond acceptors (Lipinski definition) is 4. The minimum Gasteiger partial charge on any atom is -0.362 e. The van der Waals surface area contributed by atoms with Crippen molar-refractivity contribution in [2.24, 2.45) is 0 Å². The van der Waals surface area contributed by atoms with Crippen LogP contribution >= 0.6 is 11.6 Å². The van der Waals surface area contributed by atoms with Crippen LogP contribution in [0.1, 0.15) is 17.2 Å². The number of nitrogens with zero attached hydrogens (tertiary/aromatic N) is 3. The normalized spacial score (nSPS) is 10.4. The summed E-state index contributed by atoms with van der Waals surface area (Å²) in [6.45, 7) is 4.27. The summed E-state index contributed by atoms with van der Waals surface area (Å²) in [6.07, 6.45) is 3.49. The monoisotopic (exact) mass is 237 g/mol. The van der Waals surface area contributed by atoms with Gasteiger partial charge in [-0.2, -0.15) is 0 Å². The first kappa shape index (κ1) is 10.9. The molecule has 0 saturated heterocycles. The molecule has 0 spiro atoms. The Balaban J connectivity index is 2.15. The highest BCUT2D eigenvalue weighted by atomic mass is 35.5. The molecule has 2 aromatic heterocycles. The maximum Gasteiger partial charge on any atom is 0.137 e. The predicted molar refractivity (Wildman–Crippen MR) is 62.4 cm³/mol. The van der Waals surface area contributed by atoms with Crippen molar-refractivity contribution < 1.29 is 0 Å². The molecule has 0 atom stereocenters. The van der Waals surface area contributed by atoms with Crippen LogP contribution in [0.25, 0.3) is 0 Å². The summed E-state index contributed by atoms with van der Waals surface area (Å²) in [5.74, 6) is 2.25. The van der Waals surface area contributed by atoms with Gasteiger partial charge in [-0.1, -0.05) is 11.6 Å². The van der Waals surface area contributed by atoms with E-state index in [1.54, 1.807) is 12.4 Å². The molecule has 2 N–H and O–H groups in total. The van der Waals surface area contributed by atoms with Crippen molar-refractivity contribution >= 4 is 17.4 Å². The fourth-order valence-electron chi connectivity index (χ4n) is 1.33. The van der Waals surface area contributed by atoms with Crippen LogP contribution in [-0.2, 0) is 6.54 Å². The first-order valence-corrected chi connectivity index (χ1v) is 5.27. The summed E-state index contributed by atoms with van der Waals surface area (Å²) in [7, 11) is 0. The molecule has 2 rings (SSSR count). The van der Waals surface area contributed by atoms with Gasteiger partial charge in [-0.15, -0.1) is 0 Å². The van der Waals surface area contributed by atoms with Gasteiger partial charge in [-0.3, -0.25) is 0 Å². The number of nitrogens with one attached hydrogen (secondary N) is 2. The lowest BCUT2D eigenvalue weighted by Crippen LogP contribution is -2.06. The van der Waals surface area contributed by atoms with Crippen molar-refractivity contribution in [2.45, 2.75) is 20.4 Å². The molecule has 16 heavy (non-hydrogen) atoms. The van der Waals surface area contributed by atoms with E-state index in [1.165, 1.54) is 0 Å². The largest absolute Gasteiger partial charge is 0.362 e. The Morgan fingerprint density at radius 3 is 2.88 bits per heavy atom. The summed E-state index contributed by atoms with van der Waals surface area (Å²) < 4.78 is 0. The van der Waals surface area contributed by atoms with Gasteiger partial charge in [0.15, 0.2) is 0 Å². The predicted octanol–water partition coefficient (Wildman–Crippen LogP) is 2.08. The Labute approximate surface area is 98.3 Å². The van der Waals surface area contributed by atoms with E-state index >= 15 is 0 Å². The maximum atomic E-state index is 5.97. The van der Waals surface area contributed by atoms with Crippen LogP contribution in [0, 0.1) is 13.8 Å². The summed E-state index contributed by atoms with van der Waals surface area (Å²) in [6, 6.07) is 0. The maximum absolute atomic E-state index is 5.97. The Morgan fingerprint density at radius 1 is 1.38 bits per heavy atom. The van der Waals surface area contributed by atoms with Crippen molar-refractivity contribution in [1.29, 1.82) is 0 Å². The SMILES string of the molecule is Cc1nc(Cl)c(C)c(NCc2ncc[nH]2)n1. The van der Waals surface area contributed by atoms with Gasteiger partial charge in [0.05, 0.1) is 6.54 Å². The molecule has 5 nitrogen and oxygen atoms in total. The Morgan fingerprint density at radius 2 is 2.19 bits per heavy atom. The molecule has 2 heterocycles. The van der Waals surface area contributed by atoms with E-state index in [0.717, 1.165) is 17.2 Å². The highest BCUT2D eigenvalue weighted by Gasteiger charge is 2.07. The van der Waals surface area contributed by atoms with E-state index in [1.807, 2.05) is 13.8 Å². The quantitative estimate of drug-likeness (QED) is 0.803. The van der Waals surface area contributed by atoms with Crippen molar-refractivity contribution in [3.63, 3.8) is 0 Å². The molecule has 0 radical (unpaired) electrons. The standard InChI is InChI=1S/C10H12ClN5/c1-6-9(11)15-7(2)16-10(6)14-5-8-12-3-4-13-8/h3-4H,5H2,1-2H3,(H,12,13)(H,14,15,16). The van der Waals surface area contributed by atoms with E-state index in [9.17, 15) is 0 Å². The number of aromatic nitrogens is 4. The van der Waals surface area contributed by atoms with Crippen molar-refractivity contribution in [2.75, 3.05) is 5.32 Å². The van der Waals surface area contributed by atoms with Crippen LogP contribution in [-0.4, -0.2) is 19.9 Å². The number of halogens is 1. The zero-order valence-corrected chi connectivity index (χ0v) is 9.84. The second-order valence-electron chi connectivity index (χ2n) is 3.42. The van der Waals surface area contributed by atoms with Gasteiger partial charge in [-0.05, 0) is 13.8 Å². The van der Waals surface area contributed by atoms with Crippen LogP contribution in [0.15, 0.2) is 12.4 Å². The Kier molecular flexibility index (Phi) is 3.05. The summed E-state index contributed by atoms with van der Waals surface area (Å²) in [5, 5.41) is 3.65. The van der Waals surface area contributed by atoms with Crippen LogP contribution in [0.4, 0.5) is 5.82 Å². The molecule has 0 unspecified atom stereocenters. The highest BCUT2D eigenvalue weighted by Crippen LogP contribution is 2.19. The second kappa shape index (κ2) is 4.49. The number of hydrogen-bond donors (Lipinski definition) is 2. The fraction of sp³-hybridized carbons (Fsp3) is 0.300. The minimum atomic E-state index is 0.481. The third-order valence-electron chi connectivity index (χ3n) is 2.18. The van der Waals surface area contributed by atoms with E-state index in [-0.39, 0.29) is 0 Å². The van der Waals surface area contributed by atoms with Gasteiger partial charge in [0.2, 0.25) is 0 Å². The van der Waals surface area contributed by atoms with Gasteiger partial charge in [0, 0.05) is 18.0 Å². The molecule has 0 fully saturated rings. The fourth-order valence-corrected chi connectivity index (χ4v) is 1.54.